The van der Waals surface area contributed by atoms with Gasteiger partial charge in [0.05, 0.1) is 18.5 Å². The number of ether oxygens (including phenoxy) is 1. The van der Waals surface area contributed by atoms with E-state index in [2.05, 4.69) is 4.72 Å². The van der Waals surface area contributed by atoms with Crippen LogP contribution in [0.4, 0.5) is 0 Å². The van der Waals surface area contributed by atoms with E-state index in [1.165, 1.54) is 0 Å². The van der Waals surface area contributed by atoms with E-state index in [9.17, 15) is 13.5 Å². The predicted octanol–water partition coefficient (Wildman–Crippen LogP) is 2.54. The van der Waals surface area contributed by atoms with Crippen molar-refractivity contribution in [1.82, 2.24) is 4.72 Å². The van der Waals surface area contributed by atoms with Gasteiger partial charge >= 0.3 is 0 Å². The van der Waals surface area contributed by atoms with Gasteiger partial charge in [-0.25, -0.2) is 13.1 Å². The quantitative estimate of drug-likeness (QED) is 0.667. The van der Waals surface area contributed by atoms with Crippen LogP contribution in [0.25, 0.3) is 0 Å². The topological polar surface area (TPSA) is 75.6 Å². The first-order valence-corrected chi connectivity index (χ1v) is 10.3. The molecule has 0 saturated carbocycles. The van der Waals surface area contributed by atoms with Crippen LogP contribution >= 0.6 is 0 Å². The molecular weight excluding hydrogens is 350 g/mol. The van der Waals surface area contributed by atoms with E-state index in [0.717, 1.165) is 16.9 Å². The van der Waals surface area contributed by atoms with Crippen LogP contribution in [-0.4, -0.2) is 38.5 Å². The molecule has 142 valence electrons. The van der Waals surface area contributed by atoms with Crippen LogP contribution in [-0.2, 0) is 22.9 Å². The number of aliphatic hydroxyl groups is 1. The van der Waals surface area contributed by atoms with Crippen LogP contribution in [0.5, 0.6) is 5.75 Å². The lowest BCUT2D eigenvalue weighted by Crippen LogP contribution is -2.41. The lowest BCUT2D eigenvalue weighted by Gasteiger charge is -2.23. The van der Waals surface area contributed by atoms with Crippen molar-refractivity contribution < 1.29 is 18.3 Å². The third kappa shape index (κ3) is 7.15. The largest absolute Gasteiger partial charge is 0.497 e. The summed E-state index contributed by atoms with van der Waals surface area (Å²) >= 11 is 0. The Morgan fingerprint density at radius 2 is 1.62 bits per heavy atom. The second-order valence-corrected chi connectivity index (χ2v) is 8.65. The minimum absolute atomic E-state index is 0.00474. The van der Waals surface area contributed by atoms with Gasteiger partial charge in [-0.3, -0.25) is 0 Å². The van der Waals surface area contributed by atoms with Crippen LogP contribution in [0.15, 0.2) is 54.6 Å². The first-order valence-electron chi connectivity index (χ1n) is 8.66. The van der Waals surface area contributed by atoms with E-state index in [1.807, 2.05) is 54.6 Å². The van der Waals surface area contributed by atoms with Crippen molar-refractivity contribution in [2.75, 3.05) is 19.4 Å². The second kappa shape index (κ2) is 9.16. The summed E-state index contributed by atoms with van der Waals surface area (Å²) in [5.41, 5.74) is 0.949. The van der Waals surface area contributed by atoms with Crippen LogP contribution in [0.3, 0.4) is 0 Å². The van der Waals surface area contributed by atoms with E-state index in [-0.39, 0.29) is 12.3 Å². The molecule has 2 aromatic carbocycles. The summed E-state index contributed by atoms with van der Waals surface area (Å²) < 4.78 is 32.0. The predicted molar refractivity (Wildman–Crippen MR) is 104 cm³/mol. The monoisotopic (exact) mass is 377 g/mol. The van der Waals surface area contributed by atoms with E-state index >= 15 is 0 Å². The summed E-state index contributed by atoms with van der Waals surface area (Å²) in [5, 5.41) is 10.4. The van der Waals surface area contributed by atoms with E-state index < -0.39 is 15.6 Å². The fraction of sp³-hybridized carbons (Fsp3) is 0.400. The zero-order valence-corrected chi connectivity index (χ0v) is 16.1. The Morgan fingerprint density at radius 1 is 1.00 bits per heavy atom. The third-order valence-electron chi connectivity index (χ3n) is 4.29. The fourth-order valence-corrected chi connectivity index (χ4v) is 3.71. The average Bonchev–Trinajstić information content (AvgIpc) is 2.65. The van der Waals surface area contributed by atoms with Gasteiger partial charge in [-0.2, -0.15) is 0 Å². The molecule has 0 aliphatic rings. The van der Waals surface area contributed by atoms with Crippen molar-refractivity contribution >= 4 is 10.0 Å². The van der Waals surface area contributed by atoms with Gasteiger partial charge in [-0.05, 0) is 49.4 Å². The van der Waals surface area contributed by atoms with Gasteiger partial charge in [-0.1, -0.05) is 42.5 Å². The molecule has 26 heavy (non-hydrogen) atoms. The molecule has 0 fully saturated rings. The summed E-state index contributed by atoms with van der Waals surface area (Å²) in [6, 6.07) is 17.2. The Hall–Kier alpha value is -1.89. The molecular formula is C20H27NO4S. The molecule has 0 aliphatic carbocycles. The highest BCUT2D eigenvalue weighted by atomic mass is 32.2. The lowest BCUT2D eigenvalue weighted by molar-refractivity contribution is 0.0565. The molecule has 0 aliphatic heterocycles. The Bertz CT molecular complexity index is 771. The number of methoxy groups -OCH3 is 1. The Labute approximate surface area is 156 Å². The van der Waals surface area contributed by atoms with Crippen molar-refractivity contribution in [2.24, 2.45) is 0 Å². The van der Waals surface area contributed by atoms with Gasteiger partial charge in [0.25, 0.3) is 0 Å². The molecule has 0 bridgehead atoms. The lowest BCUT2D eigenvalue weighted by atomic mass is 9.97. The number of hydrogen-bond acceptors (Lipinski definition) is 4. The highest BCUT2D eigenvalue weighted by molar-refractivity contribution is 7.89. The van der Waals surface area contributed by atoms with E-state index in [1.54, 1.807) is 14.0 Å². The summed E-state index contributed by atoms with van der Waals surface area (Å²) in [6.07, 6.45) is 1.59. The maximum absolute atomic E-state index is 12.2. The van der Waals surface area contributed by atoms with Crippen molar-refractivity contribution in [3.05, 3.63) is 65.7 Å². The van der Waals surface area contributed by atoms with Crippen LogP contribution in [0.1, 0.15) is 24.5 Å². The number of hydrogen-bond donors (Lipinski definition) is 2. The molecule has 2 rings (SSSR count). The third-order valence-corrected chi connectivity index (χ3v) is 5.61. The summed E-state index contributed by atoms with van der Waals surface area (Å²) in [6.45, 7) is 1.66. The van der Waals surface area contributed by atoms with Crippen LogP contribution in [0, 0.1) is 0 Å². The van der Waals surface area contributed by atoms with Gasteiger partial charge in [-0.15, -0.1) is 0 Å². The van der Waals surface area contributed by atoms with Gasteiger partial charge in [0.15, 0.2) is 0 Å². The summed E-state index contributed by atoms with van der Waals surface area (Å²) in [4.78, 5) is 0. The highest BCUT2D eigenvalue weighted by Crippen LogP contribution is 2.15. The maximum atomic E-state index is 12.2. The fourth-order valence-electron chi connectivity index (χ4n) is 2.53. The van der Waals surface area contributed by atoms with Gasteiger partial charge in [0.1, 0.15) is 5.75 Å². The molecule has 0 amide bonds. The second-order valence-electron chi connectivity index (χ2n) is 6.72. The Balaban J connectivity index is 1.79. The molecule has 0 heterocycles. The number of rotatable bonds is 10. The number of benzene rings is 2. The molecule has 6 heteroatoms. The average molecular weight is 378 g/mol. The van der Waals surface area contributed by atoms with E-state index in [4.69, 9.17) is 4.74 Å². The summed E-state index contributed by atoms with van der Waals surface area (Å²) in [5.74, 6) is 0.720. The summed E-state index contributed by atoms with van der Waals surface area (Å²) in [7, 11) is -1.86. The number of sulfonamides is 1. The molecule has 0 aromatic heterocycles. The number of nitrogens with one attached hydrogen (secondary N) is 1. The number of aryl methyl sites for hydroxylation is 2. The highest BCUT2D eigenvalue weighted by Gasteiger charge is 2.23. The molecule has 2 N–H and O–H groups in total. The molecule has 1 atom stereocenters. The van der Waals surface area contributed by atoms with Gasteiger partial charge in [0, 0.05) is 6.54 Å². The first kappa shape index (κ1) is 20.4. The zero-order valence-electron chi connectivity index (χ0n) is 15.3. The molecule has 1 unspecified atom stereocenters. The van der Waals surface area contributed by atoms with Crippen molar-refractivity contribution in [3.63, 3.8) is 0 Å². The van der Waals surface area contributed by atoms with Crippen molar-refractivity contribution in [3.8, 4) is 5.75 Å². The van der Waals surface area contributed by atoms with Crippen molar-refractivity contribution in [2.45, 2.75) is 31.8 Å². The SMILES string of the molecule is COc1ccc(CCS(=O)(=O)NCC(C)(O)CCc2ccccc2)cc1. The van der Waals surface area contributed by atoms with E-state index in [0.29, 0.717) is 19.3 Å². The molecule has 0 saturated heterocycles. The molecule has 0 spiro atoms. The molecule has 2 aromatic rings. The minimum atomic E-state index is -3.45. The van der Waals surface area contributed by atoms with Gasteiger partial charge < -0.3 is 9.84 Å². The molecule has 0 radical (unpaired) electrons. The first-order chi connectivity index (χ1) is 12.3. The Morgan fingerprint density at radius 3 is 2.23 bits per heavy atom. The normalized spacial score (nSPS) is 14.0. The zero-order chi connectivity index (χ0) is 19.0. The van der Waals surface area contributed by atoms with Crippen LogP contribution < -0.4 is 9.46 Å². The minimum Gasteiger partial charge on any atom is -0.497 e. The maximum Gasteiger partial charge on any atom is 0.212 e. The van der Waals surface area contributed by atoms with Crippen LogP contribution in [0.2, 0.25) is 0 Å². The van der Waals surface area contributed by atoms with Crippen molar-refractivity contribution in [1.29, 1.82) is 0 Å². The smallest absolute Gasteiger partial charge is 0.212 e. The standard InChI is InChI=1S/C20H27NO4S/c1-20(22,14-12-17-6-4-3-5-7-17)16-21-26(23,24)15-13-18-8-10-19(25-2)11-9-18/h3-11,21-22H,12-16H2,1-2H3. The van der Waals surface area contributed by atoms with Gasteiger partial charge in [0.2, 0.25) is 10.0 Å². The molecule has 5 nitrogen and oxygen atoms in total. The Kier molecular flexibility index (Phi) is 7.20.